The first-order chi connectivity index (χ1) is 12.1. The minimum absolute atomic E-state index is 0.0158. The van der Waals surface area contributed by atoms with E-state index in [9.17, 15) is 29.7 Å². The third kappa shape index (κ3) is 3.03. The zero-order valence-electron chi connectivity index (χ0n) is 15.2. The summed E-state index contributed by atoms with van der Waals surface area (Å²) in [5.41, 5.74) is -5.19. The van der Waals surface area contributed by atoms with Crippen molar-refractivity contribution in [2.45, 2.75) is 58.0 Å². The molecule has 3 N–H and O–H groups in total. The Hall–Kier alpha value is -2.21. The standard InChI is InChI=1S/C20H26O6/c1-3-18(2,26)15(21)20(17(24)25)12-8-7-11-19(20,16(22)23)13-14-9-5-4-6-10-14/h4-6,9-10,26H,3,7-8,11-13H2,1-2H3,(H,22,23)(H,24,25). The number of ketones is 1. The van der Waals surface area contributed by atoms with Crippen LogP contribution in [0.1, 0.15) is 51.5 Å². The molecule has 0 saturated heterocycles. The molecule has 0 radical (unpaired) electrons. The molecule has 0 bridgehead atoms. The van der Waals surface area contributed by atoms with Crippen molar-refractivity contribution in [1.29, 1.82) is 0 Å². The number of rotatable bonds is 7. The minimum Gasteiger partial charge on any atom is -0.481 e. The first-order valence-electron chi connectivity index (χ1n) is 8.92. The van der Waals surface area contributed by atoms with Gasteiger partial charge in [0, 0.05) is 0 Å². The second-order valence-corrected chi connectivity index (χ2v) is 7.42. The van der Waals surface area contributed by atoms with Crippen molar-refractivity contribution in [3.8, 4) is 0 Å². The van der Waals surface area contributed by atoms with Gasteiger partial charge in [-0.1, -0.05) is 50.1 Å². The van der Waals surface area contributed by atoms with Gasteiger partial charge in [-0.05, 0) is 38.2 Å². The van der Waals surface area contributed by atoms with Crippen LogP contribution in [0, 0.1) is 10.8 Å². The van der Waals surface area contributed by atoms with E-state index in [-0.39, 0.29) is 25.7 Å². The summed E-state index contributed by atoms with van der Waals surface area (Å²) in [5.74, 6) is -3.67. The van der Waals surface area contributed by atoms with Gasteiger partial charge in [0.1, 0.15) is 11.0 Å². The van der Waals surface area contributed by atoms with Gasteiger partial charge in [-0.15, -0.1) is 0 Å². The molecular weight excluding hydrogens is 336 g/mol. The molecule has 1 aromatic carbocycles. The van der Waals surface area contributed by atoms with Crippen LogP contribution in [0.3, 0.4) is 0 Å². The van der Waals surface area contributed by atoms with Crippen LogP contribution in [0.4, 0.5) is 0 Å². The number of aliphatic carboxylic acids is 2. The van der Waals surface area contributed by atoms with Crippen LogP contribution in [0.15, 0.2) is 30.3 Å². The van der Waals surface area contributed by atoms with E-state index in [1.165, 1.54) is 6.92 Å². The normalized spacial score (nSPS) is 28.1. The SMILES string of the molecule is CCC(C)(O)C(=O)C1(C(=O)O)CCCCC1(Cc1ccccc1)C(=O)O. The molecule has 6 heteroatoms. The van der Waals surface area contributed by atoms with Crippen LogP contribution in [0.5, 0.6) is 0 Å². The highest BCUT2D eigenvalue weighted by atomic mass is 16.4. The molecule has 1 aromatic rings. The van der Waals surface area contributed by atoms with Crippen molar-refractivity contribution in [3.05, 3.63) is 35.9 Å². The Labute approximate surface area is 152 Å². The number of carboxylic acid groups (broad SMARTS) is 2. The average Bonchev–Trinajstić information content (AvgIpc) is 2.62. The number of aliphatic hydroxyl groups is 1. The fourth-order valence-electron chi connectivity index (χ4n) is 4.18. The maximum absolute atomic E-state index is 13.2. The van der Waals surface area contributed by atoms with Gasteiger partial charge < -0.3 is 15.3 Å². The Morgan fingerprint density at radius 1 is 1.04 bits per heavy atom. The minimum atomic E-state index is -2.16. The Morgan fingerprint density at radius 2 is 1.62 bits per heavy atom. The Balaban J connectivity index is 2.70. The van der Waals surface area contributed by atoms with E-state index < -0.39 is 34.2 Å². The number of hydrogen-bond donors (Lipinski definition) is 3. The van der Waals surface area contributed by atoms with Crippen LogP contribution >= 0.6 is 0 Å². The van der Waals surface area contributed by atoms with Crippen molar-refractivity contribution in [2.24, 2.45) is 10.8 Å². The molecule has 6 nitrogen and oxygen atoms in total. The lowest BCUT2D eigenvalue weighted by atomic mass is 9.50. The van der Waals surface area contributed by atoms with Gasteiger partial charge in [0.25, 0.3) is 0 Å². The largest absolute Gasteiger partial charge is 0.481 e. The summed E-state index contributed by atoms with van der Waals surface area (Å²) in [4.78, 5) is 38.0. The van der Waals surface area contributed by atoms with Gasteiger partial charge in [0.15, 0.2) is 5.78 Å². The van der Waals surface area contributed by atoms with Crippen molar-refractivity contribution in [3.63, 3.8) is 0 Å². The molecule has 0 heterocycles. The third-order valence-corrected chi connectivity index (χ3v) is 5.91. The number of benzene rings is 1. The molecule has 0 aromatic heterocycles. The maximum Gasteiger partial charge on any atom is 0.318 e. The fourth-order valence-corrected chi connectivity index (χ4v) is 4.18. The summed E-state index contributed by atoms with van der Waals surface area (Å²) in [5, 5.41) is 30.7. The molecule has 0 aliphatic heterocycles. The molecule has 3 unspecified atom stereocenters. The van der Waals surface area contributed by atoms with Crippen LogP contribution in [0.25, 0.3) is 0 Å². The van der Waals surface area contributed by atoms with Crippen LogP contribution in [-0.4, -0.2) is 38.6 Å². The molecular formula is C20H26O6. The second kappa shape index (κ2) is 7.19. The fraction of sp³-hybridized carbons (Fsp3) is 0.550. The number of carbonyl (C=O) groups excluding carboxylic acids is 1. The number of carboxylic acids is 2. The van der Waals surface area contributed by atoms with Gasteiger partial charge >= 0.3 is 11.9 Å². The highest BCUT2D eigenvalue weighted by Gasteiger charge is 2.68. The summed E-state index contributed by atoms with van der Waals surface area (Å²) >= 11 is 0. The van der Waals surface area contributed by atoms with E-state index in [0.717, 1.165) is 0 Å². The Morgan fingerprint density at radius 3 is 2.12 bits per heavy atom. The topological polar surface area (TPSA) is 112 Å². The Kier molecular flexibility index (Phi) is 5.56. The summed E-state index contributed by atoms with van der Waals surface area (Å²) < 4.78 is 0. The molecule has 0 amide bonds. The second-order valence-electron chi connectivity index (χ2n) is 7.42. The first kappa shape index (κ1) is 20.1. The highest BCUT2D eigenvalue weighted by molar-refractivity contribution is 6.11. The summed E-state index contributed by atoms with van der Waals surface area (Å²) in [6, 6.07) is 8.75. The van der Waals surface area contributed by atoms with Gasteiger partial charge in [-0.3, -0.25) is 14.4 Å². The number of hydrogen-bond acceptors (Lipinski definition) is 4. The smallest absolute Gasteiger partial charge is 0.318 e. The van der Waals surface area contributed by atoms with Crippen LogP contribution < -0.4 is 0 Å². The van der Waals surface area contributed by atoms with Crippen LogP contribution in [0.2, 0.25) is 0 Å². The van der Waals surface area contributed by atoms with Crippen molar-refractivity contribution >= 4 is 17.7 Å². The molecule has 3 atom stereocenters. The van der Waals surface area contributed by atoms with Gasteiger partial charge in [-0.2, -0.15) is 0 Å². The van der Waals surface area contributed by atoms with Gasteiger partial charge in [0.2, 0.25) is 0 Å². The first-order valence-corrected chi connectivity index (χ1v) is 8.92. The molecule has 1 fully saturated rings. The number of carbonyl (C=O) groups is 3. The van der Waals surface area contributed by atoms with E-state index in [4.69, 9.17) is 0 Å². The molecule has 26 heavy (non-hydrogen) atoms. The molecule has 1 aliphatic rings. The number of Topliss-reactive ketones (excluding diaryl/α,β-unsaturated/α-hetero) is 1. The lowest BCUT2D eigenvalue weighted by Gasteiger charge is -2.49. The monoisotopic (exact) mass is 362 g/mol. The quantitative estimate of drug-likeness (QED) is 0.643. The average molecular weight is 362 g/mol. The summed E-state index contributed by atoms with van der Waals surface area (Å²) in [7, 11) is 0. The zero-order valence-corrected chi connectivity index (χ0v) is 15.2. The predicted molar refractivity (Wildman–Crippen MR) is 94.7 cm³/mol. The summed E-state index contributed by atoms with van der Waals surface area (Å²) in [6.45, 7) is 2.85. The molecule has 1 saturated carbocycles. The van der Waals surface area contributed by atoms with E-state index in [1.807, 2.05) is 0 Å². The molecule has 0 spiro atoms. The van der Waals surface area contributed by atoms with Gasteiger partial charge in [0.05, 0.1) is 5.41 Å². The van der Waals surface area contributed by atoms with Gasteiger partial charge in [-0.25, -0.2) is 0 Å². The maximum atomic E-state index is 13.2. The Bertz CT molecular complexity index is 696. The molecule has 2 rings (SSSR count). The lowest BCUT2D eigenvalue weighted by molar-refractivity contribution is -0.190. The van der Waals surface area contributed by atoms with E-state index >= 15 is 0 Å². The summed E-state index contributed by atoms with van der Waals surface area (Å²) in [6.07, 6.45) is 0.895. The highest BCUT2D eigenvalue weighted by Crippen LogP contribution is 2.55. The third-order valence-electron chi connectivity index (χ3n) is 5.91. The van der Waals surface area contributed by atoms with E-state index in [1.54, 1.807) is 37.3 Å². The van der Waals surface area contributed by atoms with Crippen molar-refractivity contribution in [2.75, 3.05) is 0 Å². The van der Waals surface area contributed by atoms with E-state index in [0.29, 0.717) is 18.4 Å². The van der Waals surface area contributed by atoms with Crippen molar-refractivity contribution in [1.82, 2.24) is 0 Å². The predicted octanol–water partition coefficient (Wildman–Crippen LogP) is 2.68. The van der Waals surface area contributed by atoms with Crippen LogP contribution in [-0.2, 0) is 20.8 Å². The molecule has 1 aliphatic carbocycles. The van der Waals surface area contributed by atoms with Crippen molar-refractivity contribution < 1.29 is 29.7 Å². The van der Waals surface area contributed by atoms with E-state index in [2.05, 4.69) is 0 Å². The molecule has 142 valence electrons. The lowest BCUT2D eigenvalue weighted by Crippen LogP contribution is -2.64. The zero-order chi connectivity index (χ0) is 19.6.